The molecule has 2 aromatic heterocycles. The molecule has 2 N–H and O–H groups in total. The third kappa shape index (κ3) is 5.50. The Bertz CT molecular complexity index is 1800. The number of imidazole rings is 1. The number of hydrogen-bond acceptors (Lipinski definition) is 5. The first-order valence-electron chi connectivity index (χ1n) is 14.5. The SMILES string of the molecule is Cc1nc2cc(-c3ccccc3)c(-c3ccc(C4(NC(=O)OC(C)(C)C)CCC4)cc3)nn2c1-c1ccc(F)c(CO)c1. The summed E-state index contributed by atoms with van der Waals surface area (Å²) in [6.07, 6.45) is 2.30. The number of carbonyl (C=O) groups is 1. The van der Waals surface area contributed by atoms with Gasteiger partial charge in [0, 0.05) is 22.3 Å². The zero-order valence-electron chi connectivity index (χ0n) is 24.8. The molecule has 0 spiro atoms. The Labute approximate surface area is 250 Å². The average molecular weight is 579 g/mol. The third-order valence-corrected chi connectivity index (χ3v) is 8.01. The Kier molecular flexibility index (Phi) is 7.26. The van der Waals surface area contributed by atoms with Crippen molar-refractivity contribution in [1.29, 1.82) is 0 Å². The van der Waals surface area contributed by atoms with E-state index in [1.807, 2.05) is 76.2 Å². The van der Waals surface area contributed by atoms with Crippen molar-refractivity contribution in [2.45, 2.75) is 64.7 Å². The molecule has 220 valence electrons. The molecule has 0 atom stereocenters. The van der Waals surface area contributed by atoms with Crippen LogP contribution in [0.2, 0.25) is 0 Å². The molecule has 1 aliphatic carbocycles. The van der Waals surface area contributed by atoms with Crippen LogP contribution in [0.5, 0.6) is 0 Å². The Morgan fingerprint density at radius 2 is 1.70 bits per heavy atom. The number of benzene rings is 3. The molecule has 0 radical (unpaired) electrons. The molecule has 43 heavy (non-hydrogen) atoms. The summed E-state index contributed by atoms with van der Waals surface area (Å²) in [6.45, 7) is 7.08. The average Bonchev–Trinajstić information content (AvgIpc) is 3.29. The van der Waals surface area contributed by atoms with Gasteiger partial charge in [0.2, 0.25) is 0 Å². The van der Waals surface area contributed by atoms with E-state index in [4.69, 9.17) is 14.8 Å². The number of nitrogens with one attached hydrogen (secondary N) is 1. The second-order valence-electron chi connectivity index (χ2n) is 12.2. The lowest BCUT2D eigenvalue weighted by molar-refractivity contribution is 0.0377. The number of amides is 1. The van der Waals surface area contributed by atoms with Crippen molar-refractivity contribution in [3.63, 3.8) is 0 Å². The van der Waals surface area contributed by atoms with Gasteiger partial charge in [0.1, 0.15) is 11.4 Å². The highest BCUT2D eigenvalue weighted by molar-refractivity contribution is 5.83. The number of carbonyl (C=O) groups excluding carboxylic acids is 1. The van der Waals surface area contributed by atoms with Crippen molar-refractivity contribution in [3.8, 4) is 33.6 Å². The summed E-state index contributed by atoms with van der Waals surface area (Å²) in [6, 6.07) is 25.0. The zero-order valence-corrected chi connectivity index (χ0v) is 24.8. The van der Waals surface area contributed by atoms with E-state index in [1.165, 1.54) is 6.07 Å². The maximum Gasteiger partial charge on any atom is 0.408 e. The molecule has 0 bridgehead atoms. The molecule has 6 rings (SSSR count). The summed E-state index contributed by atoms with van der Waals surface area (Å²) in [5.41, 5.74) is 6.67. The second kappa shape index (κ2) is 10.9. The van der Waals surface area contributed by atoms with E-state index < -0.39 is 29.7 Å². The molecular formula is C35H35FN4O3. The maximum atomic E-state index is 14.2. The number of aryl methyl sites for hydroxylation is 1. The molecule has 1 aliphatic rings. The highest BCUT2D eigenvalue weighted by Gasteiger charge is 2.41. The van der Waals surface area contributed by atoms with Gasteiger partial charge in [0.05, 0.1) is 29.2 Å². The van der Waals surface area contributed by atoms with E-state index in [9.17, 15) is 14.3 Å². The summed E-state index contributed by atoms with van der Waals surface area (Å²) in [4.78, 5) is 17.5. The van der Waals surface area contributed by atoms with Gasteiger partial charge < -0.3 is 15.2 Å². The Hall–Kier alpha value is -4.56. The minimum absolute atomic E-state index is 0.216. The Balaban J connectivity index is 1.45. The van der Waals surface area contributed by atoms with E-state index in [-0.39, 0.29) is 5.56 Å². The van der Waals surface area contributed by atoms with Gasteiger partial charge in [0.25, 0.3) is 0 Å². The van der Waals surface area contributed by atoms with Gasteiger partial charge >= 0.3 is 6.09 Å². The van der Waals surface area contributed by atoms with Crippen molar-refractivity contribution in [1.82, 2.24) is 19.9 Å². The number of aliphatic hydroxyl groups excluding tert-OH is 1. The van der Waals surface area contributed by atoms with Crippen LogP contribution in [0, 0.1) is 12.7 Å². The van der Waals surface area contributed by atoms with Gasteiger partial charge in [-0.15, -0.1) is 0 Å². The summed E-state index contributed by atoms with van der Waals surface area (Å²) in [5.74, 6) is -0.455. The molecule has 1 amide bonds. The molecule has 1 saturated carbocycles. The van der Waals surface area contributed by atoms with Crippen molar-refractivity contribution in [2.75, 3.05) is 0 Å². The normalized spacial score (nSPS) is 14.4. The number of aliphatic hydroxyl groups is 1. The highest BCUT2D eigenvalue weighted by atomic mass is 19.1. The molecule has 1 fully saturated rings. The van der Waals surface area contributed by atoms with E-state index >= 15 is 0 Å². The van der Waals surface area contributed by atoms with E-state index in [1.54, 1.807) is 16.6 Å². The summed E-state index contributed by atoms with van der Waals surface area (Å²) >= 11 is 0. The molecule has 8 heteroatoms. The molecular weight excluding hydrogens is 543 g/mol. The van der Waals surface area contributed by atoms with Gasteiger partial charge in [-0.2, -0.15) is 5.10 Å². The molecule has 7 nitrogen and oxygen atoms in total. The molecule has 0 saturated heterocycles. The van der Waals surface area contributed by atoms with Crippen LogP contribution in [-0.2, 0) is 16.9 Å². The summed E-state index contributed by atoms with van der Waals surface area (Å²) < 4.78 is 21.6. The van der Waals surface area contributed by atoms with Crippen LogP contribution in [0.25, 0.3) is 39.3 Å². The van der Waals surface area contributed by atoms with Crippen molar-refractivity contribution in [3.05, 3.63) is 102 Å². The van der Waals surface area contributed by atoms with E-state index in [2.05, 4.69) is 17.4 Å². The lowest BCUT2D eigenvalue weighted by atomic mass is 9.71. The first-order chi connectivity index (χ1) is 20.6. The fourth-order valence-corrected chi connectivity index (χ4v) is 5.77. The van der Waals surface area contributed by atoms with Crippen LogP contribution in [0.3, 0.4) is 0 Å². The molecule has 5 aromatic rings. The smallest absolute Gasteiger partial charge is 0.408 e. The predicted octanol–water partition coefficient (Wildman–Crippen LogP) is 7.57. The van der Waals surface area contributed by atoms with Crippen LogP contribution in [0.15, 0.2) is 78.9 Å². The Morgan fingerprint density at radius 3 is 2.33 bits per heavy atom. The second-order valence-corrected chi connectivity index (χ2v) is 12.2. The van der Waals surface area contributed by atoms with Gasteiger partial charge in [-0.05, 0) is 82.3 Å². The number of aromatic nitrogens is 3. The largest absolute Gasteiger partial charge is 0.444 e. The lowest BCUT2D eigenvalue weighted by Crippen LogP contribution is -2.52. The number of halogens is 1. The van der Waals surface area contributed by atoms with Crippen LogP contribution in [-0.4, -0.2) is 31.4 Å². The lowest BCUT2D eigenvalue weighted by Gasteiger charge is -2.43. The minimum Gasteiger partial charge on any atom is -0.444 e. The molecule has 0 unspecified atom stereocenters. The minimum atomic E-state index is -0.574. The van der Waals surface area contributed by atoms with Crippen LogP contribution in [0.4, 0.5) is 9.18 Å². The van der Waals surface area contributed by atoms with E-state index in [0.29, 0.717) is 5.65 Å². The zero-order chi connectivity index (χ0) is 30.4. The van der Waals surface area contributed by atoms with Gasteiger partial charge in [-0.1, -0.05) is 54.6 Å². The van der Waals surface area contributed by atoms with Crippen molar-refractivity contribution < 1.29 is 19.0 Å². The molecule has 2 heterocycles. The van der Waals surface area contributed by atoms with Gasteiger partial charge in [0.15, 0.2) is 5.65 Å². The highest BCUT2D eigenvalue weighted by Crippen LogP contribution is 2.42. The molecule has 3 aromatic carbocycles. The predicted molar refractivity (Wildman–Crippen MR) is 165 cm³/mol. The molecule has 0 aliphatic heterocycles. The summed E-state index contributed by atoms with van der Waals surface area (Å²) in [5, 5.41) is 17.9. The number of fused-ring (bicyclic) bond motifs is 1. The van der Waals surface area contributed by atoms with Gasteiger partial charge in [-0.25, -0.2) is 18.7 Å². The fraction of sp³-hybridized carbons (Fsp3) is 0.286. The summed E-state index contributed by atoms with van der Waals surface area (Å²) in [7, 11) is 0. The quantitative estimate of drug-likeness (QED) is 0.217. The van der Waals surface area contributed by atoms with Crippen LogP contribution in [0.1, 0.15) is 56.9 Å². The number of hydrogen-bond donors (Lipinski definition) is 2. The van der Waals surface area contributed by atoms with Gasteiger partial charge in [-0.3, -0.25) is 0 Å². The number of nitrogens with zero attached hydrogens (tertiary/aromatic N) is 3. The maximum absolute atomic E-state index is 14.2. The Morgan fingerprint density at radius 1 is 1.00 bits per heavy atom. The van der Waals surface area contributed by atoms with Crippen molar-refractivity contribution in [2.24, 2.45) is 0 Å². The number of rotatable bonds is 6. The monoisotopic (exact) mass is 578 g/mol. The topological polar surface area (TPSA) is 88.8 Å². The first-order valence-corrected chi connectivity index (χ1v) is 14.5. The van der Waals surface area contributed by atoms with Crippen LogP contribution >= 0.6 is 0 Å². The van der Waals surface area contributed by atoms with Crippen molar-refractivity contribution >= 4 is 11.7 Å². The van der Waals surface area contributed by atoms with Crippen LogP contribution < -0.4 is 5.32 Å². The fourth-order valence-electron chi connectivity index (χ4n) is 5.77. The third-order valence-electron chi connectivity index (χ3n) is 8.01. The standard InChI is InChI=1S/C35H35FN4O3/c1-22-32(25-13-16-29(36)26(19-25)21-41)40-30(37-22)20-28(23-9-6-5-7-10-23)31(39-40)24-11-14-27(15-12-24)35(17-8-18-35)38-33(42)43-34(2,3)4/h5-7,9-16,19-20,41H,8,17-18,21H2,1-4H3,(H,38,42). The first kappa shape index (κ1) is 28.6. The van der Waals surface area contributed by atoms with E-state index in [0.717, 1.165) is 64.2 Å². The number of ether oxygens (including phenoxy) is 1. The number of alkyl carbamates (subject to hydrolysis) is 1.